The molecule has 0 aromatic heterocycles. The Morgan fingerprint density at radius 3 is 2.46 bits per heavy atom. The van der Waals surface area contributed by atoms with Gasteiger partial charge in [-0.05, 0) is 42.8 Å². The fourth-order valence-corrected chi connectivity index (χ4v) is 3.22. The average molecular weight is 380 g/mol. The van der Waals surface area contributed by atoms with Crippen molar-refractivity contribution in [3.8, 4) is 5.75 Å². The molecule has 140 valence electrons. The fraction of sp³-hybridized carbons (Fsp3) is 0.278. The van der Waals surface area contributed by atoms with Gasteiger partial charge in [0.2, 0.25) is 10.0 Å². The van der Waals surface area contributed by atoms with Gasteiger partial charge in [-0.25, -0.2) is 17.5 Å². The predicted molar refractivity (Wildman–Crippen MR) is 96.1 cm³/mol. The maximum absolute atomic E-state index is 13.4. The van der Waals surface area contributed by atoms with E-state index in [0.29, 0.717) is 25.1 Å². The molecule has 1 amide bonds. The first-order valence-corrected chi connectivity index (χ1v) is 9.67. The molecular formula is C18H21FN2O4S. The quantitative estimate of drug-likeness (QED) is 0.654. The van der Waals surface area contributed by atoms with Gasteiger partial charge in [-0.1, -0.05) is 19.1 Å². The minimum Gasteiger partial charge on any atom is -0.490 e. The van der Waals surface area contributed by atoms with Crippen molar-refractivity contribution in [2.24, 2.45) is 0 Å². The summed E-state index contributed by atoms with van der Waals surface area (Å²) >= 11 is 0. The third-order valence-corrected chi connectivity index (χ3v) is 5.02. The van der Waals surface area contributed by atoms with Gasteiger partial charge in [0, 0.05) is 18.7 Å². The second-order valence-corrected chi connectivity index (χ2v) is 7.18. The lowest BCUT2D eigenvalue weighted by Gasteiger charge is -2.09. The number of rotatable bonds is 9. The Bertz CT molecular complexity index is 839. The summed E-state index contributed by atoms with van der Waals surface area (Å²) < 4.78 is 44.7. The normalized spacial score (nSPS) is 11.2. The summed E-state index contributed by atoms with van der Waals surface area (Å²) in [5.74, 6) is -0.566. The molecule has 2 aromatic carbocycles. The molecule has 0 unspecified atom stereocenters. The van der Waals surface area contributed by atoms with Crippen LogP contribution in [0.4, 0.5) is 4.39 Å². The zero-order chi connectivity index (χ0) is 19.0. The SMILES string of the molecule is CCNS(=O)(=O)c1ccc(C(=O)NCCCOc2ccccc2F)cc1. The summed E-state index contributed by atoms with van der Waals surface area (Å²) in [5.41, 5.74) is 0.357. The monoisotopic (exact) mass is 380 g/mol. The van der Waals surface area contributed by atoms with E-state index >= 15 is 0 Å². The smallest absolute Gasteiger partial charge is 0.251 e. The molecule has 8 heteroatoms. The van der Waals surface area contributed by atoms with Gasteiger partial charge in [0.15, 0.2) is 11.6 Å². The van der Waals surface area contributed by atoms with Crippen LogP contribution in [0.25, 0.3) is 0 Å². The van der Waals surface area contributed by atoms with Gasteiger partial charge in [-0.2, -0.15) is 0 Å². The number of benzene rings is 2. The van der Waals surface area contributed by atoms with Crippen LogP contribution in [0.3, 0.4) is 0 Å². The molecule has 0 bridgehead atoms. The van der Waals surface area contributed by atoms with E-state index in [1.54, 1.807) is 19.1 Å². The summed E-state index contributed by atoms with van der Waals surface area (Å²) in [6, 6.07) is 11.8. The Kier molecular flexibility index (Phi) is 7.11. The highest BCUT2D eigenvalue weighted by atomic mass is 32.2. The lowest BCUT2D eigenvalue weighted by Crippen LogP contribution is -2.26. The number of carbonyl (C=O) groups is 1. The molecule has 0 aliphatic carbocycles. The first-order valence-electron chi connectivity index (χ1n) is 8.19. The van der Waals surface area contributed by atoms with Crippen molar-refractivity contribution in [3.05, 3.63) is 59.9 Å². The van der Waals surface area contributed by atoms with Crippen LogP contribution in [-0.4, -0.2) is 34.0 Å². The van der Waals surface area contributed by atoms with Gasteiger partial charge in [0.05, 0.1) is 11.5 Å². The molecule has 2 aromatic rings. The minimum atomic E-state index is -3.54. The molecule has 0 aliphatic heterocycles. The number of halogens is 1. The van der Waals surface area contributed by atoms with Crippen LogP contribution in [0.1, 0.15) is 23.7 Å². The zero-order valence-electron chi connectivity index (χ0n) is 14.4. The van der Waals surface area contributed by atoms with Crippen LogP contribution in [0.15, 0.2) is 53.4 Å². The molecule has 2 rings (SSSR count). The van der Waals surface area contributed by atoms with E-state index in [1.807, 2.05) is 0 Å². The van der Waals surface area contributed by atoms with Crippen molar-refractivity contribution in [2.45, 2.75) is 18.2 Å². The number of sulfonamides is 1. The van der Waals surface area contributed by atoms with Gasteiger partial charge in [-0.15, -0.1) is 0 Å². The van der Waals surface area contributed by atoms with Crippen LogP contribution in [-0.2, 0) is 10.0 Å². The number of hydrogen-bond acceptors (Lipinski definition) is 4. The maximum Gasteiger partial charge on any atom is 0.251 e. The summed E-state index contributed by atoms with van der Waals surface area (Å²) in [6.07, 6.45) is 0.507. The molecular weight excluding hydrogens is 359 g/mol. The van der Waals surface area contributed by atoms with Gasteiger partial charge < -0.3 is 10.1 Å². The highest BCUT2D eigenvalue weighted by molar-refractivity contribution is 7.89. The molecule has 2 N–H and O–H groups in total. The Hall–Kier alpha value is -2.45. The molecule has 0 saturated heterocycles. The average Bonchev–Trinajstić information content (AvgIpc) is 2.63. The number of amides is 1. The van der Waals surface area contributed by atoms with Crippen LogP contribution < -0.4 is 14.8 Å². The van der Waals surface area contributed by atoms with E-state index in [1.165, 1.54) is 36.4 Å². The summed E-state index contributed by atoms with van der Waals surface area (Å²) in [5, 5.41) is 2.71. The van der Waals surface area contributed by atoms with Crippen LogP contribution in [0, 0.1) is 5.82 Å². The molecule has 0 spiro atoms. The minimum absolute atomic E-state index is 0.106. The van der Waals surface area contributed by atoms with Gasteiger partial charge >= 0.3 is 0 Å². The molecule has 0 heterocycles. The number of nitrogens with one attached hydrogen (secondary N) is 2. The van der Waals surface area contributed by atoms with Crippen molar-refractivity contribution >= 4 is 15.9 Å². The summed E-state index contributed by atoms with van der Waals surface area (Å²) in [6.45, 7) is 2.60. The van der Waals surface area contributed by atoms with E-state index in [9.17, 15) is 17.6 Å². The van der Waals surface area contributed by atoms with Gasteiger partial charge in [-0.3, -0.25) is 4.79 Å². The van der Waals surface area contributed by atoms with Crippen LogP contribution >= 0.6 is 0 Å². The van der Waals surface area contributed by atoms with E-state index in [-0.39, 0.29) is 23.2 Å². The number of carbonyl (C=O) groups excluding carboxylic acids is 1. The maximum atomic E-state index is 13.4. The van der Waals surface area contributed by atoms with Gasteiger partial charge in [0.25, 0.3) is 5.91 Å². The Morgan fingerprint density at radius 2 is 1.81 bits per heavy atom. The number of hydrogen-bond donors (Lipinski definition) is 2. The zero-order valence-corrected chi connectivity index (χ0v) is 15.2. The van der Waals surface area contributed by atoms with Crippen LogP contribution in [0.5, 0.6) is 5.75 Å². The summed E-state index contributed by atoms with van der Waals surface area (Å²) in [4.78, 5) is 12.1. The second kappa shape index (κ2) is 9.30. The van der Waals surface area contributed by atoms with Gasteiger partial charge in [0.1, 0.15) is 0 Å². The van der Waals surface area contributed by atoms with Crippen molar-refractivity contribution in [2.75, 3.05) is 19.7 Å². The van der Waals surface area contributed by atoms with Crippen molar-refractivity contribution in [3.63, 3.8) is 0 Å². The van der Waals surface area contributed by atoms with Crippen molar-refractivity contribution in [1.29, 1.82) is 0 Å². The number of ether oxygens (including phenoxy) is 1. The molecule has 0 radical (unpaired) electrons. The molecule has 6 nitrogen and oxygen atoms in total. The lowest BCUT2D eigenvalue weighted by molar-refractivity contribution is 0.0951. The standard InChI is InChI=1S/C18H21FN2O4S/c1-2-21-26(23,24)15-10-8-14(9-11-15)18(22)20-12-5-13-25-17-7-4-3-6-16(17)19/h3-4,6-11,21H,2,5,12-13H2,1H3,(H,20,22). The van der Waals surface area contributed by atoms with E-state index in [2.05, 4.69) is 10.0 Å². The molecule has 0 saturated carbocycles. The highest BCUT2D eigenvalue weighted by Crippen LogP contribution is 2.15. The van der Waals surface area contributed by atoms with Crippen LogP contribution in [0.2, 0.25) is 0 Å². The van der Waals surface area contributed by atoms with E-state index < -0.39 is 15.8 Å². The fourth-order valence-electron chi connectivity index (χ4n) is 2.18. The van der Waals surface area contributed by atoms with E-state index in [0.717, 1.165) is 0 Å². The van der Waals surface area contributed by atoms with E-state index in [4.69, 9.17) is 4.74 Å². The molecule has 0 fully saturated rings. The molecule has 0 atom stereocenters. The first kappa shape index (κ1) is 19.9. The summed E-state index contributed by atoms with van der Waals surface area (Å²) in [7, 11) is -3.54. The Balaban J connectivity index is 1.78. The predicted octanol–water partition coefficient (Wildman–Crippen LogP) is 2.32. The first-order chi connectivity index (χ1) is 12.4. The van der Waals surface area contributed by atoms with Crippen molar-refractivity contribution < 1.29 is 22.3 Å². The third-order valence-electron chi connectivity index (χ3n) is 3.46. The third kappa shape index (κ3) is 5.53. The second-order valence-electron chi connectivity index (χ2n) is 5.41. The largest absolute Gasteiger partial charge is 0.490 e. The Morgan fingerprint density at radius 1 is 1.12 bits per heavy atom. The Labute approximate surface area is 152 Å². The lowest BCUT2D eigenvalue weighted by atomic mass is 10.2. The molecule has 0 aliphatic rings. The highest BCUT2D eigenvalue weighted by Gasteiger charge is 2.13. The molecule has 26 heavy (non-hydrogen) atoms. The number of para-hydroxylation sites is 1. The topological polar surface area (TPSA) is 84.5 Å². The van der Waals surface area contributed by atoms with Crippen molar-refractivity contribution in [1.82, 2.24) is 10.0 Å².